The van der Waals surface area contributed by atoms with Crippen LogP contribution < -0.4 is 5.32 Å². The van der Waals surface area contributed by atoms with E-state index in [4.69, 9.17) is 4.52 Å². The van der Waals surface area contributed by atoms with Gasteiger partial charge in [-0.2, -0.15) is 17.6 Å². The second-order valence-corrected chi connectivity index (χ2v) is 5.58. The van der Waals surface area contributed by atoms with Crippen LogP contribution in [0.4, 0.5) is 0 Å². The average molecular weight is 289 g/mol. The number of hydrogen-bond acceptors (Lipinski definition) is 5. The number of hydrogen-bond donors (Lipinski definition) is 2. The summed E-state index contributed by atoms with van der Waals surface area (Å²) >= 11 is 4.24. The molecule has 4 nitrogen and oxygen atoms in total. The van der Waals surface area contributed by atoms with Crippen molar-refractivity contribution in [2.75, 3.05) is 12.3 Å². The standard InChI is InChI=1S/C15H19N3OS/c20-10-2-3-11-5-7-12(8-6-11)14-17-15(19-18-14)13-4-1-9-16-13/h5-8,13,16,20H,1-4,9-10H2/t13-/m0/s1. The van der Waals surface area contributed by atoms with E-state index in [9.17, 15) is 0 Å². The summed E-state index contributed by atoms with van der Waals surface area (Å²) in [6.07, 6.45) is 4.40. The van der Waals surface area contributed by atoms with Gasteiger partial charge >= 0.3 is 0 Å². The molecule has 20 heavy (non-hydrogen) atoms. The third kappa shape index (κ3) is 3.04. The number of aromatic nitrogens is 2. The average Bonchev–Trinajstić information content (AvgIpc) is 3.16. The molecule has 0 unspecified atom stereocenters. The first kappa shape index (κ1) is 13.6. The van der Waals surface area contributed by atoms with E-state index < -0.39 is 0 Å². The normalized spacial score (nSPS) is 18.6. The fraction of sp³-hybridized carbons (Fsp3) is 0.467. The van der Waals surface area contributed by atoms with Crippen molar-refractivity contribution < 1.29 is 4.52 Å². The molecule has 1 saturated heterocycles. The van der Waals surface area contributed by atoms with Crippen molar-refractivity contribution in [2.45, 2.75) is 31.7 Å². The van der Waals surface area contributed by atoms with Crippen molar-refractivity contribution in [3.63, 3.8) is 0 Å². The SMILES string of the molecule is SCCCc1ccc(-c2noc([C@@H]3CCCN3)n2)cc1. The van der Waals surface area contributed by atoms with Gasteiger partial charge < -0.3 is 9.84 Å². The summed E-state index contributed by atoms with van der Waals surface area (Å²) < 4.78 is 5.36. The van der Waals surface area contributed by atoms with E-state index in [1.54, 1.807) is 0 Å². The van der Waals surface area contributed by atoms with Crippen LogP contribution in [0.2, 0.25) is 0 Å². The Morgan fingerprint density at radius 1 is 1.30 bits per heavy atom. The maximum atomic E-state index is 5.36. The third-order valence-electron chi connectivity index (χ3n) is 3.64. The van der Waals surface area contributed by atoms with E-state index in [1.165, 1.54) is 12.0 Å². The lowest BCUT2D eigenvalue weighted by Gasteiger charge is -2.02. The molecule has 1 aromatic heterocycles. The molecule has 1 fully saturated rings. The van der Waals surface area contributed by atoms with Crippen molar-refractivity contribution in [1.29, 1.82) is 0 Å². The van der Waals surface area contributed by atoms with Gasteiger partial charge in [-0.1, -0.05) is 29.4 Å². The molecule has 1 aromatic carbocycles. The Hall–Kier alpha value is -1.33. The van der Waals surface area contributed by atoms with Crippen LogP contribution in [0.1, 0.15) is 36.8 Å². The smallest absolute Gasteiger partial charge is 0.244 e. The number of aryl methyl sites for hydroxylation is 1. The van der Waals surface area contributed by atoms with Crippen molar-refractivity contribution in [2.24, 2.45) is 0 Å². The van der Waals surface area contributed by atoms with E-state index in [1.807, 2.05) is 0 Å². The van der Waals surface area contributed by atoms with Crippen LogP contribution in [0.5, 0.6) is 0 Å². The fourth-order valence-corrected chi connectivity index (χ4v) is 2.65. The topological polar surface area (TPSA) is 51.0 Å². The first-order chi connectivity index (χ1) is 9.86. The van der Waals surface area contributed by atoms with Gasteiger partial charge in [-0.3, -0.25) is 0 Å². The van der Waals surface area contributed by atoms with Crippen molar-refractivity contribution in [3.8, 4) is 11.4 Å². The summed E-state index contributed by atoms with van der Waals surface area (Å²) in [4.78, 5) is 4.50. The molecule has 0 radical (unpaired) electrons. The predicted octanol–water partition coefficient (Wildman–Crippen LogP) is 3.02. The molecule has 0 spiro atoms. The molecule has 0 aliphatic carbocycles. The van der Waals surface area contributed by atoms with Crippen molar-refractivity contribution in [1.82, 2.24) is 15.5 Å². The van der Waals surface area contributed by atoms with Gasteiger partial charge in [0.25, 0.3) is 0 Å². The van der Waals surface area contributed by atoms with Gasteiger partial charge in [0.05, 0.1) is 6.04 Å². The zero-order chi connectivity index (χ0) is 13.8. The quantitative estimate of drug-likeness (QED) is 0.831. The monoisotopic (exact) mass is 289 g/mol. The Balaban J connectivity index is 1.72. The first-order valence-corrected chi connectivity index (χ1v) is 7.77. The highest BCUT2D eigenvalue weighted by Gasteiger charge is 2.22. The van der Waals surface area contributed by atoms with Gasteiger partial charge in [0.15, 0.2) is 0 Å². The van der Waals surface area contributed by atoms with Crippen LogP contribution >= 0.6 is 12.6 Å². The maximum absolute atomic E-state index is 5.36. The molecule has 0 saturated carbocycles. The lowest BCUT2D eigenvalue weighted by Crippen LogP contribution is -2.12. The van der Waals surface area contributed by atoms with E-state index in [2.05, 4.69) is 52.4 Å². The molecule has 106 valence electrons. The summed E-state index contributed by atoms with van der Waals surface area (Å²) in [5.74, 6) is 2.30. The predicted molar refractivity (Wildman–Crippen MR) is 81.9 cm³/mol. The van der Waals surface area contributed by atoms with E-state index in [0.717, 1.165) is 37.1 Å². The van der Waals surface area contributed by atoms with E-state index in [0.29, 0.717) is 11.7 Å². The maximum Gasteiger partial charge on any atom is 0.244 e. The Labute approximate surface area is 124 Å². The minimum atomic E-state index is 0.228. The molecule has 0 amide bonds. The summed E-state index contributed by atoms with van der Waals surface area (Å²) in [7, 11) is 0. The van der Waals surface area contributed by atoms with Crippen LogP contribution in [0.25, 0.3) is 11.4 Å². The molecule has 5 heteroatoms. The number of benzene rings is 1. The van der Waals surface area contributed by atoms with Gasteiger partial charge in [-0.05, 0) is 43.5 Å². The lowest BCUT2D eigenvalue weighted by atomic mass is 10.1. The van der Waals surface area contributed by atoms with Gasteiger partial charge in [-0.25, -0.2) is 0 Å². The number of rotatable bonds is 5. The molecule has 2 aromatic rings. The van der Waals surface area contributed by atoms with Crippen LogP contribution in [0, 0.1) is 0 Å². The molecule has 1 aliphatic rings. The Morgan fingerprint density at radius 3 is 2.85 bits per heavy atom. The molecule has 3 rings (SSSR count). The van der Waals surface area contributed by atoms with Crippen molar-refractivity contribution in [3.05, 3.63) is 35.7 Å². The first-order valence-electron chi connectivity index (χ1n) is 7.14. The molecular formula is C15H19N3OS. The van der Waals surface area contributed by atoms with E-state index in [-0.39, 0.29) is 6.04 Å². The van der Waals surface area contributed by atoms with Gasteiger partial charge in [-0.15, -0.1) is 0 Å². The molecule has 1 atom stereocenters. The molecule has 2 heterocycles. The van der Waals surface area contributed by atoms with Gasteiger partial charge in [0.2, 0.25) is 11.7 Å². The number of nitrogens with zero attached hydrogens (tertiary/aromatic N) is 2. The molecule has 1 aliphatic heterocycles. The summed E-state index contributed by atoms with van der Waals surface area (Å²) in [5, 5.41) is 7.45. The van der Waals surface area contributed by atoms with E-state index >= 15 is 0 Å². The second-order valence-electron chi connectivity index (χ2n) is 5.13. The summed E-state index contributed by atoms with van der Waals surface area (Å²) in [6, 6.07) is 8.60. The summed E-state index contributed by atoms with van der Waals surface area (Å²) in [6.45, 7) is 1.03. The highest BCUT2D eigenvalue weighted by atomic mass is 32.1. The number of nitrogens with one attached hydrogen (secondary N) is 1. The minimum Gasteiger partial charge on any atom is -0.337 e. The zero-order valence-electron chi connectivity index (χ0n) is 11.4. The largest absolute Gasteiger partial charge is 0.337 e. The second kappa shape index (κ2) is 6.41. The van der Waals surface area contributed by atoms with Crippen molar-refractivity contribution >= 4 is 12.6 Å². The Kier molecular flexibility index (Phi) is 4.38. The molecule has 1 N–H and O–H groups in total. The highest BCUT2D eigenvalue weighted by Crippen LogP contribution is 2.24. The highest BCUT2D eigenvalue weighted by molar-refractivity contribution is 7.80. The van der Waals surface area contributed by atoms with Crippen LogP contribution in [-0.2, 0) is 6.42 Å². The third-order valence-corrected chi connectivity index (χ3v) is 3.95. The van der Waals surface area contributed by atoms with Crippen LogP contribution in [-0.4, -0.2) is 22.4 Å². The molecule has 0 bridgehead atoms. The Morgan fingerprint density at radius 2 is 2.15 bits per heavy atom. The minimum absolute atomic E-state index is 0.228. The summed E-state index contributed by atoms with van der Waals surface area (Å²) in [5.41, 5.74) is 2.33. The van der Waals surface area contributed by atoms with Gasteiger partial charge in [0, 0.05) is 5.56 Å². The van der Waals surface area contributed by atoms with Gasteiger partial charge in [0.1, 0.15) is 0 Å². The fourth-order valence-electron chi connectivity index (χ4n) is 2.49. The lowest BCUT2D eigenvalue weighted by molar-refractivity contribution is 0.345. The zero-order valence-corrected chi connectivity index (χ0v) is 12.3. The molecular weight excluding hydrogens is 270 g/mol. The van der Waals surface area contributed by atoms with Crippen LogP contribution in [0.15, 0.2) is 28.8 Å². The van der Waals surface area contributed by atoms with Crippen LogP contribution in [0.3, 0.4) is 0 Å². The number of thiol groups is 1. The Bertz CT molecular complexity index is 547.